The Kier molecular flexibility index (Phi) is 6.12. The summed E-state index contributed by atoms with van der Waals surface area (Å²) in [5.74, 6) is -0.804. The number of anilines is 1. The number of benzene rings is 2. The zero-order valence-corrected chi connectivity index (χ0v) is 16.1. The number of carbonyl (C=O) groups excluding carboxylic acids is 2. The van der Waals surface area contributed by atoms with Gasteiger partial charge in [0.05, 0.1) is 0 Å². The molecule has 1 heterocycles. The largest absolute Gasteiger partial charge is 0.368 e. The van der Waals surface area contributed by atoms with E-state index in [4.69, 9.17) is 0 Å². The van der Waals surface area contributed by atoms with Crippen molar-refractivity contribution in [3.63, 3.8) is 0 Å². The van der Waals surface area contributed by atoms with E-state index in [-0.39, 0.29) is 0 Å². The van der Waals surface area contributed by atoms with Gasteiger partial charge in [-0.3, -0.25) is 9.59 Å². The van der Waals surface area contributed by atoms with E-state index in [9.17, 15) is 9.59 Å². The van der Waals surface area contributed by atoms with Crippen molar-refractivity contribution in [2.75, 3.05) is 37.6 Å². The van der Waals surface area contributed by atoms with Crippen LogP contribution in [-0.4, -0.2) is 54.3 Å². The Balaban J connectivity index is 1.58. The zero-order valence-electron chi connectivity index (χ0n) is 16.1. The monoisotopic (exact) mass is 365 g/mol. The third-order valence-electron chi connectivity index (χ3n) is 5.00. The highest BCUT2D eigenvalue weighted by Gasteiger charge is 2.29. The normalized spacial score (nSPS) is 14.1. The molecule has 0 bridgehead atoms. The summed E-state index contributed by atoms with van der Waals surface area (Å²) in [6, 6.07) is 18.2. The summed E-state index contributed by atoms with van der Waals surface area (Å²) >= 11 is 0. The Hall–Kier alpha value is -2.82. The van der Waals surface area contributed by atoms with Gasteiger partial charge in [-0.25, -0.2) is 0 Å². The third kappa shape index (κ3) is 4.67. The van der Waals surface area contributed by atoms with Crippen LogP contribution in [-0.2, 0) is 16.1 Å². The summed E-state index contributed by atoms with van der Waals surface area (Å²) < 4.78 is 0. The highest BCUT2D eigenvalue weighted by molar-refractivity contribution is 6.34. The number of hydrogen-bond acceptors (Lipinski definition) is 3. The number of nitrogens with zero attached hydrogens (tertiary/aromatic N) is 3. The second-order valence-electron chi connectivity index (χ2n) is 6.92. The summed E-state index contributed by atoms with van der Waals surface area (Å²) in [6.07, 6.45) is 0. The van der Waals surface area contributed by atoms with E-state index in [0.29, 0.717) is 26.2 Å². The minimum atomic E-state index is -0.412. The minimum Gasteiger partial charge on any atom is -0.368 e. The van der Waals surface area contributed by atoms with Crippen LogP contribution in [0.1, 0.15) is 18.1 Å². The van der Waals surface area contributed by atoms with Crippen molar-refractivity contribution in [2.24, 2.45) is 0 Å². The molecule has 0 N–H and O–H groups in total. The lowest BCUT2D eigenvalue weighted by atomic mass is 10.2. The lowest BCUT2D eigenvalue weighted by molar-refractivity contribution is -0.152. The van der Waals surface area contributed by atoms with Crippen LogP contribution in [0.4, 0.5) is 5.69 Å². The molecule has 142 valence electrons. The molecule has 2 aromatic rings. The fourth-order valence-corrected chi connectivity index (χ4v) is 3.39. The SMILES string of the molecule is CCN(Cc1ccccc1)C(=O)C(=O)N1CCN(c2cccc(C)c2)CC1. The Labute approximate surface area is 161 Å². The molecule has 0 aliphatic carbocycles. The number of amides is 2. The van der Waals surface area contributed by atoms with Gasteiger partial charge in [-0.05, 0) is 37.1 Å². The molecule has 5 heteroatoms. The number of piperazine rings is 1. The van der Waals surface area contributed by atoms with Gasteiger partial charge in [-0.15, -0.1) is 0 Å². The van der Waals surface area contributed by atoms with Crippen LogP contribution in [0.25, 0.3) is 0 Å². The molecular weight excluding hydrogens is 338 g/mol. The van der Waals surface area contributed by atoms with Crippen LogP contribution in [0.15, 0.2) is 54.6 Å². The van der Waals surface area contributed by atoms with Crippen LogP contribution in [0.3, 0.4) is 0 Å². The van der Waals surface area contributed by atoms with E-state index in [0.717, 1.165) is 18.7 Å². The molecule has 5 nitrogen and oxygen atoms in total. The molecule has 0 radical (unpaired) electrons. The van der Waals surface area contributed by atoms with Gasteiger partial charge in [0.15, 0.2) is 0 Å². The van der Waals surface area contributed by atoms with Gasteiger partial charge in [0.25, 0.3) is 0 Å². The highest BCUT2D eigenvalue weighted by atomic mass is 16.2. The molecule has 0 spiro atoms. The second kappa shape index (κ2) is 8.71. The average Bonchev–Trinajstić information content (AvgIpc) is 2.72. The van der Waals surface area contributed by atoms with E-state index in [1.54, 1.807) is 9.80 Å². The van der Waals surface area contributed by atoms with E-state index in [2.05, 4.69) is 36.1 Å². The molecule has 0 aromatic heterocycles. The standard InChI is InChI=1S/C22H27N3O2/c1-3-23(17-19-9-5-4-6-10-19)21(26)22(27)25-14-12-24(13-15-25)20-11-7-8-18(2)16-20/h4-11,16H,3,12-15,17H2,1-2H3. The topological polar surface area (TPSA) is 43.9 Å². The maximum absolute atomic E-state index is 12.7. The third-order valence-corrected chi connectivity index (χ3v) is 5.00. The predicted octanol–water partition coefficient (Wildman–Crippen LogP) is 2.69. The molecular formula is C22H27N3O2. The van der Waals surface area contributed by atoms with E-state index >= 15 is 0 Å². The molecule has 1 aliphatic rings. The van der Waals surface area contributed by atoms with Gasteiger partial charge >= 0.3 is 11.8 Å². The first-order valence-corrected chi connectivity index (χ1v) is 9.52. The smallest absolute Gasteiger partial charge is 0.312 e. The number of rotatable bonds is 4. The Morgan fingerprint density at radius 3 is 2.30 bits per heavy atom. The van der Waals surface area contributed by atoms with Crippen molar-refractivity contribution in [1.82, 2.24) is 9.80 Å². The number of hydrogen-bond donors (Lipinski definition) is 0. The van der Waals surface area contributed by atoms with Gasteiger partial charge in [0.2, 0.25) is 0 Å². The summed E-state index contributed by atoms with van der Waals surface area (Å²) in [6.45, 7) is 7.59. The van der Waals surface area contributed by atoms with Crippen molar-refractivity contribution < 1.29 is 9.59 Å². The minimum absolute atomic E-state index is 0.392. The van der Waals surface area contributed by atoms with Crippen molar-refractivity contribution in [3.05, 3.63) is 65.7 Å². The Bertz CT molecular complexity index is 783. The lowest BCUT2D eigenvalue weighted by Crippen LogP contribution is -2.53. The van der Waals surface area contributed by atoms with E-state index in [1.807, 2.05) is 37.3 Å². The first-order valence-electron chi connectivity index (χ1n) is 9.52. The predicted molar refractivity (Wildman–Crippen MR) is 108 cm³/mol. The molecule has 0 unspecified atom stereocenters. The number of likely N-dealkylation sites (N-methyl/N-ethyl adjacent to an activating group) is 1. The quantitative estimate of drug-likeness (QED) is 0.783. The van der Waals surface area contributed by atoms with Crippen molar-refractivity contribution >= 4 is 17.5 Å². The summed E-state index contributed by atoms with van der Waals surface area (Å²) in [5.41, 5.74) is 3.43. The van der Waals surface area contributed by atoms with Crippen LogP contribution >= 0.6 is 0 Å². The Morgan fingerprint density at radius 1 is 0.963 bits per heavy atom. The highest BCUT2D eigenvalue weighted by Crippen LogP contribution is 2.18. The van der Waals surface area contributed by atoms with Crippen LogP contribution in [0, 0.1) is 6.92 Å². The van der Waals surface area contributed by atoms with Gasteiger partial charge in [-0.2, -0.15) is 0 Å². The molecule has 3 rings (SSSR count). The second-order valence-corrected chi connectivity index (χ2v) is 6.92. The van der Waals surface area contributed by atoms with Gasteiger partial charge < -0.3 is 14.7 Å². The Morgan fingerprint density at radius 2 is 1.67 bits per heavy atom. The molecule has 1 aliphatic heterocycles. The summed E-state index contributed by atoms with van der Waals surface area (Å²) in [7, 11) is 0. The fourth-order valence-electron chi connectivity index (χ4n) is 3.39. The lowest BCUT2D eigenvalue weighted by Gasteiger charge is -2.36. The van der Waals surface area contributed by atoms with E-state index < -0.39 is 11.8 Å². The van der Waals surface area contributed by atoms with Crippen molar-refractivity contribution in [3.8, 4) is 0 Å². The molecule has 0 atom stereocenters. The molecule has 1 saturated heterocycles. The maximum atomic E-state index is 12.7. The van der Waals surface area contributed by atoms with Crippen LogP contribution < -0.4 is 4.90 Å². The first-order chi connectivity index (χ1) is 13.1. The van der Waals surface area contributed by atoms with Crippen LogP contribution in [0.5, 0.6) is 0 Å². The maximum Gasteiger partial charge on any atom is 0.312 e. The molecule has 1 fully saturated rings. The zero-order chi connectivity index (χ0) is 19.2. The molecule has 0 saturated carbocycles. The average molecular weight is 365 g/mol. The van der Waals surface area contributed by atoms with Crippen LogP contribution in [0.2, 0.25) is 0 Å². The van der Waals surface area contributed by atoms with Gasteiger partial charge in [0, 0.05) is 45.0 Å². The summed E-state index contributed by atoms with van der Waals surface area (Å²) in [4.78, 5) is 31.0. The van der Waals surface area contributed by atoms with Crippen molar-refractivity contribution in [1.29, 1.82) is 0 Å². The number of carbonyl (C=O) groups is 2. The molecule has 2 amide bonds. The van der Waals surface area contributed by atoms with E-state index in [1.165, 1.54) is 11.3 Å². The van der Waals surface area contributed by atoms with Gasteiger partial charge in [-0.1, -0.05) is 42.5 Å². The number of aryl methyl sites for hydroxylation is 1. The molecule has 27 heavy (non-hydrogen) atoms. The fraction of sp³-hybridized carbons (Fsp3) is 0.364. The first kappa shape index (κ1) is 19.0. The van der Waals surface area contributed by atoms with Gasteiger partial charge in [0.1, 0.15) is 0 Å². The van der Waals surface area contributed by atoms with Crippen molar-refractivity contribution in [2.45, 2.75) is 20.4 Å². The summed E-state index contributed by atoms with van der Waals surface area (Å²) in [5, 5.41) is 0. The molecule has 2 aromatic carbocycles.